The van der Waals surface area contributed by atoms with Crippen molar-refractivity contribution in [1.29, 1.82) is 0 Å². The van der Waals surface area contributed by atoms with Gasteiger partial charge in [0.25, 0.3) is 11.6 Å². The summed E-state index contributed by atoms with van der Waals surface area (Å²) in [6, 6.07) is 12.4. The molecule has 0 aliphatic carbocycles. The number of hydrogen-bond acceptors (Lipinski definition) is 5. The van der Waals surface area contributed by atoms with Crippen LogP contribution in [0.3, 0.4) is 0 Å². The van der Waals surface area contributed by atoms with E-state index in [1.807, 2.05) is 13.8 Å². The third-order valence-corrected chi connectivity index (χ3v) is 3.53. The number of nitro groups is 1. The topological polar surface area (TPSA) is 114 Å². The van der Waals surface area contributed by atoms with Crippen LogP contribution in [0.25, 0.3) is 0 Å². The SMILES string of the molecule is CC(C)CC(=O)Nc1ccc(C(=O)NN=Cc2ccccc2[N+](=O)[O-])cc1. The van der Waals surface area contributed by atoms with Gasteiger partial charge in [0, 0.05) is 23.7 Å². The lowest BCUT2D eigenvalue weighted by Crippen LogP contribution is -2.18. The molecular formula is C19H20N4O4. The molecule has 140 valence electrons. The fourth-order valence-electron chi connectivity index (χ4n) is 2.28. The molecule has 2 aromatic carbocycles. The van der Waals surface area contributed by atoms with Gasteiger partial charge in [0.15, 0.2) is 0 Å². The number of amides is 2. The second kappa shape index (κ2) is 9.23. The van der Waals surface area contributed by atoms with E-state index in [0.29, 0.717) is 17.7 Å². The normalized spacial score (nSPS) is 10.8. The van der Waals surface area contributed by atoms with E-state index in [2.05, 4.69) is 15.8 Å². The fourth-order valence-corrected chi connectivity index (χ4v) is 2.28. The quantitative estimate of drug-likeness (QED) is 0.443. The Hall–Kier alpha value is -3.55. The third-order valence-electron chi connectivity index (χ3n) is 3.53. The van der Waals surface area contributed by atoms with Crippen molar-refractivity contribution in [2.75, 3.05) is 5.32 Å². The minimum atomic E-state index is -0.518. The van der Waals surface area contributed by atoms with Gasteiger partial charge in [-0.15, -0.1) is 0 Å². The van der Waals surface area contributed by atoms with Crippen molar-refractivity contribution in [3.8, 4) is 0 Å². The molecule has 0 radical (unpaired) electrons. The van der Waals surface area contributed by atoms with Crippen LogP contribution in [-0.4, -0.2) is 23.0 Å². The van der Waals surface area contributed by atoms with Crippen LogP contribution >= 0.6 is 0 Å². The van der Waals surface area contributed by atoms with Crippen molar-refractivity contribution in [3.63, 3.8) is 0 Å². The van der Waals surface area contributed by atoms with Crippen LogP contribution in [0.4, 0.5) is 11.4 Å². The molecule has 0 saturated heterocycles. The molecule has 0 fully saturated rings. The van der Waals surface area contributed by atoms with Crippen LogP contribution in [0, 0.1) is 16.0 Å². The molecule has 8 nitrogen and oxygen atoms in total. The van der Waals surface area contributed by atoms with Gasteiger partial charge in [-0.25, -0.2) is 5.43 Å². The Balaban J connectivity index is 1.96. The van der Waals surface area contributed by atoms with Gasteiger partial charge in [-0.2, -0.15) is 5.10 Å². The number of hydrogen-bond donors (Lipinski definition) is 2. The molecule has 27 heavy (non-hydrogen) atoms. The maximum absolute atomic E-state index is 12.1. The molecule has 0 aromatic heterocycles. The van der Waals surface area contributed by atoms with Crippen molar-refractivity contribution in [2.24, 2.45) is 11.0 Å². The predicted octanol–water partition coefficient (Wildman–Crippen LogP) is 3.34. The summed E-state index contributed by atoms with van der Waals surface area (Å²) in [5, 5.41) is 17.5. The van der Waals surface area contributed by atoms with Gasteiger partial charge in [-0.3, -0.25) is 19.7 Å². The van der Waals surface area contributed by atoms with E-state index >= 15 is 0 Å². The zero-order valence-electron chi connectivity index (χ0n) is 15.0. The lowest BCUT2D eigenvalue weighted by molar-refractivity contribution is -0.385. The molecule has 0 unspecified atom stereocenters. The Labute approximate surface area is 156 Å². The lowest BCUT2D eigenvalue weighted by Gasteiger charge is -2.07. The molecule has 0 aliphatic rings. The van der Waals surface area contributed by atoms with Crippen LogP contribution in [0.5, 0.6) is 0 Å². The number of rotatable bonds is 7. The lowest BCUT2D eigenvalue weighted by atomic mass is 10.1. The van der Waals surface area contributed by atoms with Crippen LogP contribution in [0.1, 0.15) is 36.2 Å². The predicted molar refractivity (Wildman–Crippen MR) is 103 cm³/mol. The Kier molecular flexibility index (Phi) is 6.76. The summed E-state index contributed by atoms with van der Waals surface area (Å²) < 4.78 is 0. The monoisotopic (exact) mass is 368 g/mol. The van der Waals surface area contributed by atoms with Crippen molar-refractivity contribution in [2.45, 2.75) is 20.3 Å². The van der Waals surface area contributed by atoms with Crippen molar-refractivity contribution in [3.05, 3.63) is 69.8 Å². The van der Waals surface area contributed by atoms with E-state index in [0.717, 1.165) is 0 Å². The maximum Gasteiger partial charge on any atom is 0.278 e. The van der Waals surface area contributed by atoms with E-state index < -0.39 is 10.8 Å². The van der Waals surface area contributed by atoms with Crippen LogP contribution in [0.15, 0.2) is 53.6 Å². The number of nitrogens with zero attached hydrogens (tertiary/aromatic N) is 2. The molecule has 0 atom stereocenters. The second-order valence-electron chi connectivity index (χ2n) is 6.24. The largest absolute Gasteiger partial charge is 0.326 e. The highest BCUT2D eigenvalue weighted by Gasteiger charge is 2.11. The zero-order chi connectivity index (χ0) is 19.8. The Morgan fingerprint density at radius 1 is 1.15 bits per heavy atom. The molecule has 2 N–H and O–H groups in total. The number of nitro benzene ring substituents is 1. The first-order valence-electron chi connectivity index (χ1n) is 8.33. The molecule has 0 saturated carbocycles. The van der Waals surface area contributed by atoms with Gasteiger partial charge in [0.2, 0.25) is 5.91 Å². The molecule has 8 heteroatoms. The third kappa shape index (κ3) is 6.03. The highest BCUT2D eigenvalue weighted by molar-refractivity contribution is 5.96. The molecular weight excluding hydrogens is 348 g/mol. The maximum atomic E-state index is 12.1. The molecule has 0 bridgehead atoms. The molecule has 0 heterocycles. The van der Waals surface area contributed by atoms with Gasteiger partial charge in [0.05, 0.1) is 16.7 Å². The molecule has 0 spiro atoms. The van der Waals surface area contributed by atoms with Crippen molar-refractivity contribution < 1.29 is 14.5 Å². The minimum absolute atomic E-state index is 0.0868. The van der Waals surface area contributed by atoms with Crippen LogP contribution < -0.4 is 10.7 Å². The van der Waals surface area contributed by atoms with E-state index in [1.165, 1.54) is 18.3 Å². The number of carbonyl (C=O) groups excluding carboxylic acids is 2. The van der Waals surface area contributed by atoms with Gasteiger partial charge >= 0.3 is 0 Å². The smallest absolute Gasteiger partial charge is 0.278 e. The summed E-state index contributed by atoms with van der Waals surface area (Å²) in [7, 11) is 0. The number of nitrogens with one attached hydrogen (secondary N) is 2. The summed E-state index contributed by atoms with van der Waals surface area (Å²) in [5.41, 5.74) is 3.45. The molecule has 0 aliphatic heterocycles. The highest BCUT2D eigenvalue weighted by atomic mass is 16.6. The number of anilines is 1. The van der Waals surface area contributed by atoms with Gasteiger partial charge in [-0.05, 0) is 36.2 Å². The first-order chi connectivity index (χ1) is 12.9. The fraction of sp³-hybridized carbons (Fsp3) is 0.211. The minimum Gasteiger partial charge on any atom is -0.326 e. The average Bonchev–Trinajstić information content (AvgIpc) is 2.61. The zero-order valence-corrected chi connectivity index (χ0v) is 15.0. The van der Waals surface area contributed by atoms with E-state index in [4.69, 9.17) is 0 Å². The summed E-state index contributed by atoms with van der Waals surface area (Å²) in [4.78, 5) is 34.2. The Bertz CT molecular complexity index is 860. The number of para-hydroxylation sites is 1. The number of hydrazone groups is 1. The van der Waals surface area contributed by atoms with Gasteiger partial charge < -0.3 is 5.32 Å². The van der Waals surface area contributed by atoms with Crippen molar-refractivity contribution in [1.82, 2.24) is 5.43 Å². The highest BCUT2D eigenvalue weighted by Crippen LogP contribution is 2.15. The average molecular weight is 368 g/mol. The van der Waals surface area contributed by atoms with Gasteiger partial charge in [-0.1, -0.05) is 26.0 Å². The summed E-state index contributed by atoms with van der Waals surface area (Å²) in [5.74, 6) is -0.297. The first kappa shape index (κ1) is 19.8. The van der Waals surface area contributed by atoms with Crippen molar-refractivity contribution >= 4 is 29.4 Å². The molecule has 2 aromatic rings. The van der Waals surface area contributed by atoms with E-state index in [9.17, 15) is 19.7 Å². The molecule has 2 rings (SSSR count). The van der Waals surface area contributed by atoms with Crippen LogP contribution in [0.2, 0.25) is 0 Å². The Morgan fingerprint density at radius 2 is 1.81 bits per heavy atom. The van der Waals surface area contributed by atoms with E-state index in [-0.39, 0.29) is 23.1 Å². The standard InChI is InChI=1S/C19H20N4O4/c1-13(2)11-18(24)21-16-9-7-14(8-10-16)19(25)22-20-12-15-5-3-4-6-17(15)23(26)27/h3-10,12-13H,11H2,1-2H3,(H,21,24)(H,22,25). The summed E-state index contributed by atoms with van der Waals surface area (Å²) >= 11 is 0. The molecule has 2 amide bonds. The summed E-state index contributed by atoms with van der Waals surface area (Å²) in [6.45, 7) is 3.91. The first-order valence-corrected chi connectivity index (χ1v) is 8.33. The van der Waals surface area contributed by atoms with Gasteiger partial charge in [0.1, 0.15) is 0 Å². The number of carbonyl (C=O) groups is 2. The van der Waals surface area contributed by atoms with E-state index in [1.54, 1.807) is 36.4 Å². The Morgan fingerprint density at radius 3 is 2.44 bits per heavy atom. The van der Waals surface area contributed by atoms with Crippen LogP contribution in [-0.2, 0) is 4.79 Å². The second-order valence-corrected chi connectivity index (χ2v) is 6.24. The number of benzene rings is 2. The summed E-state index contributed by atoms with van der Waals surface area (Å²) in [6.07, 6.45) is 1.64.